The summed E-state index contributed by atoms with van der Waals surface area (Å²) in [6.07, 6.45) is 1.78. The van der Waals surface area contributed by atoms with Crippen molar-refractivity contribution in [1.82, 2.24) is 25.1 Å². The average molecular weight is 326 g/mol. The number of rotatable bonds is 7. The summed E-state index contributed by atoms with van der Waals surface area (Å²) in [7, 11) is 1.87. The molecule has 9 heteroatoms. The highest BCUT2D eigenvalue weighted by Gasteiger charge is 2.11. The monoisotopic (exact) mass is 326 g/mol. The van der Waals surface area contributed by atoms with Gasteiger partial charge in [-0.3, -0.25) is 15.0 Å². The number of amides is 1. The van der Waals surface area contributed by atoms with E-state index in [1.807, 2.05) is 18.9 Å². The molecule has 2 aromatic heterocycles. The van der Waals surface area contributed by atoms with Crippen molar-refractivity contribution in [3.8, 4) is 0 Å². The van der Waals surface area contributed by atoms with Crippen LogP contribution in [-0.2, 0) is 11.3 Å². The summed E-state index contributed by atoms with van der Waals surface area (Å²) in [5, 5.41) is 11.2. The van der Waals surface area contributed by atoms with Gasteiger partial charge in [0.25, 0.3) is 0 Å². The van der Waals surface area contributed by atoms with Gasteiger partial charge in [-0.15, -0.1) is 10.2 Å². The fraction of sp³-hybridized carbons (Fsp3) is 0.500. The van der Waals surface area contributed by atoms with Crippen molar-refractivity contribution in [2.75, 3.05) is 24.7 Å². The van der Waals surface area contributed by atoms with Crippen LogP contribution in [0.15, 0.2) is 10.5 Å². The molecule has 0 saturated heterocycles. The zero-order chi connectivity index (χ0) is 15.2. The number of aromatic nitrogens is 4. The van der Waals surface area contributed by atoms with E-state index in [4.69, 9.17) is 0 Å². The zero-order valence-corrected chi connectivity index (χ0v) is 13.8. The molecule has 2 aromatic rings. The molecule has 0 bridgehead atoms. The molecule has 0 saturated carbocycles. The Morgan fingerprint density at radius 1 is 1.52 bits per heavy atom. The van der Waals surface area contributed by atoms with Gasteiger partial charge in [0.2, 0.25) is 11.0 Å². The normalized spacial score (nSPS) is 11.0. The largest absolute Gasteiger partial charge is 0.345 e. The maximum atomic E-state index is 11.9. The highest BCUT2D eigenvalue weighted by molar-refractivity contribution is 8.01. The van der Waals surface area contributed by atoms with Gasteiger partial charge in [0, 0.05) is 11.9 Å². The number of nitrogens with one attached hydrogen (secondary N) is 2. The van der Waals surface area contributed by atoms with E-state index in [-0.39, 0.29) is 12.5 Å². The molecular formula is C12H18N6OS2. The fourth-order valence-electron chi connectivity index (χ4n) is 1.70. The molecule has 0 aliphatic rings. The number of likely N-dealkylation sites (N-methyl/N-ethyl adjacent to an activating group) is 1. The summed E-state index contributed by atoms with van der Waals surface area (Å²) < 4.78 is 0.868. The highest BCUT2D eigenvalue weighted by atomic mass is 32.2. The molecular weight excluding hydrogens is 308 g/mol. The molecule has 114 valence electrons. The minimum Gasteiger partial charge on any atom is -0.345 e. The second-order valence-corrected chi connectivity index (χ2v) is 7.03. The van der Waals surface area contributed by atoms with Crippen LogP contribution in [0.3, 0.4) is 0 Å². The number of hydrogen-bond acceptors (Lipinski definition) is 7. The quantitative estimate of drug-likeness (QED) is 0.595. The predicted octanol–water partition coefficient (Wildman–Crippen LogP) is 1.75. The van der Waals surface area contributed by atoms with Gasteiger partial charge < -0.3 is 4.98 Å². The molecule has 2 rings (SSSR count). The van der Waals surface area contributed by atoms with E-state index in [9.17, 15) is 4.79 Å². The molecule has 0 atom stereocenters. The lowest BCUT2D eigenvalue weighted by molar-refractivity contribution is -0.117. The predicted molar refractivity (Wildman–Crippen MR) is 84.6 cm³/mol. The van der Waals surface area contributed by atoms with E-state index in [1.165, 1.54) is 11.3 Å². The molecule has 7 nitrogen and oxygen atoms in total. The maximum absolute atomic E-state index is 11.9. The molecule has 0 spiro atoms. The minimum absolute atomic E-state index is 0.107. The van der Waals surface area contributed by atoms with Crippen LogP contribution >= 0.6 is 23.1 Å². The molecule has 2 N–H and O–H groups in total. The van der Waals surface area contributed by atoms with Crippen molar-refractivity contribution in [2.45, 2.75) is 24.7 Å². The topological polar surface area (TPSA) is 86.8 Å². The van der Waals surface area contributed by atoms with E-state index in [2.05, 4.69) is 32.4 Å². The van der Waals surface area contributed by atoms with Gasteiger partial charge >= 0.3 is 0 Å². The van der Waals surface area contributed by atoms with Gasteiger partial charge in [-0.25, -0.2) is 4.98 Å². The Morgan fingerprint density at radius 2 is 2.33 bits per heavy atom. The number of aromatic amines is 1. The summed E-state index contributed by atoms with van der Waals surface area (Å²) >= 11 is 3.00. The summed E-state index contributed by atoms with van der Waals surface area (Å²) in [5.74, 6) is 1.68. The van der Waals surface area contributed by atoms with Crippen molar-refractivity contribution >= 4 is 34.1 Å². The van der Waals surface area contributed by atoms with E-state index in [0.717, 1.165) is 21.6 Å². The number of carbonyl (C=O) groups is 1. The molecule has 0 radical (unpaired) electrons. The van der Waals surface area contributed by atoms with Crippen LogP contribution in [0.1, 0.15) is 18.4 Å². The molecule has 0 aliphatic carbocycles. The van der Waals surface area contributed by atoms with Crippen LogP contribution in [0.25, 0.3) is 0 Å². The Morgan fingerprint density at radius 3 is 3.00 bits per heavy atom. The van der Waals surface area contributed by atoms with Crippen LogP contribution in [-0.4, -0.2) is 50.3 Å². The van der Waals surface area contributed by atoms with Crippen molar-refractivity contribution in [3.05, 3.63) is 17.7 Å². The lowest BCUT2D eigenvalue weighted by Gasteiger charge is -2.13. The number of aryl methyl sites for hydroxylation is 1. The number of nitrogens with zero attached hydrogens (tertiary/aromatic N) is 4. The lowest BCUT2D eigenvalue weighted by Crippen LogP contribution is -2.30. The van der Waals surface area contributed by atoms with Crippen molar-refractivity contribution < 1.29 is 4.79 Å². The van der Waals surface area contributed by atoms with Crippen molar-refractivity contribution in [3.63, 3.8) is 0 Å². The Kier molecular flexibility index (Phi) is 5.71. The number of H-pyrrole nitrogens is 1. The third kappa shape index (κ3) is 5.10. The number of imidazole rings is 1. The van der Waals surface area contributed by atoms with Crippen LogP contribution in [0.4, 0.5) is 5.13 Å². The second-order valence-electron chi connectivity index (χ2n) is 4.54. The number of anilines is 1. The minimum atomic E-state index is -0.107. The average Bonchev–Trinajstić information content (AvgIpc) is 2.99. The van der Waals surface area contributed by atoms with Gasteiger partial charge in [-0.2, -0.15) is 0 Å². The lowest BCUT2D eigenvalue weighted by atomic mass is 10.4. The second kappa shape index (κ2) is 7.53. The van der Waals surface area contributed by atoms with E-state index < -0.39 is 0 Å². The molecule has 21 heavy (non-hydrogen) atoms. The molecule has 0 unspecified atom stereocenters. The van der Waals surface area contributed by atoms with Crippen molar-refractivity contribution in [1.29, 1.82) is 0 Å². The summed E-state index contributed by atoms with van der Waals surface area (Å²) in [6, 6.07) is 0. The van der Waals surface area contributed by atoms with Crippen LogP contribution in [0, 0.1) is 6.92 Å². The first-order valence-electron chi connectivity index (χ1n) is 6.52. The van der Waals surface area contributed by atoms with E-state index in [1.54, 1.807) is 18.0 Å². The van der Waals surface area contributed by atoms with E-state index in [0.29, 0.717) is 11.7 Å². The van der Waals surface area contributed by atoms with Crippen molar-refractivity contribution in [2.24, 2.45) is 0 Å². The highest BCUT2D eigenvalue weighted by Crippen LogP contribution is 2.24. The van der Waals surface area contributed by atoms with Crippen LogP contribution in [0.5, 0.6) is 0 Å². The first kappa shape index (κ1) is 15.9. The summed E-state index contributed by atoms with van der Waals surface area (Å²) in [5.41, 5.74) is 1.01. The SMILES string of the molecule is CCSc1nnc(NC(=O)CN(C)Cc2ncc(C)[nH]2)s1. The van der Waals surface area contributed by atoms with Gasteiger partial charge in [-0.1, -0.05) is 30.0 Å². The Hall–Kier alpha value is -1.45. The van der Waals surface area contributed by atoms with Crippen LogP contribution in [0.2, 0.25) is 0 Å². The third-order valence-corrected chi connectivity index (χ3v) is 4.36. The first-order chi connectivity index (χ1) is 10.1. The van der Waals surface area contributed by atoms with Gasteiger partial charge in [0.05, 0.1) is 13.1 Å². The molecule has 1 amide bonds. The molecule has 2 heterocycles. The number of carbonyl (C=O) groups excluding carboxylic acids is 1. The molecule has 0 aliphatic heterocycles. The number of thioether (sulfide) groups is 1. The summed E-state index contributed by atoms with van der Waals surface area (Å²) in [4.78, 5) is 21.2. The van der Waals surface area contributed by atoms with E-state index >= 15 is 0 Å². The summed E-state index contributed by atoms with van der Waals surface area (Å²) in [6.45, 7) is 4.87. The third-order valence-electron chi connectivity index (χ3n) is 2.51. The molecule has 0 aromatic carbocycles. The maximum Gasteiger partial charge on any atom is 0.240 e. The van der Waals surface area contributed by atoms with Crippen LogP contribution < -0.4 is 5.32 Å². The zero-order valence-electron chi connectivity index (χ0n) is 12.2. The van der Waals surface area contributed by atoms with Gasteiger partial charge in [0.1, 0.15) is 5.82 Å². The Bertz CT molecular complexity index is 596. The van der Waals surface area contributed by atoms with Gasteiger partial charge in [-0.05, 0) is 19.7 Å². The molecule has 0 fully saturated rings. The number of hydrogen-bond donors (Lipinski definition) is 2. The van der Waals surface area contributed by atoms with Gasteiger partial charge in [0.15, 0.2) is 4.34 Å². The smallest absolute Gasteiger partial charge is 0.240 e. The standard InChI is InChI=1S/C12H18N6OS2/c1-4-20-12-17-16-11(21-12)15-10(19)7-18(3)6-9-13-5-8(2)14-9/h5H,4,6-7H2,1-3H3,(H,13,14)(H,15,16,19). The first-order valence-corrected chi connectivity index (χ1v) is 8.32. The Balaban J connectivity index is 1.80. The fourth-order valence-corrected chi connectivity index (χ4v) is 3.37. The Labute approximate surface area is 131 Å².